The molecule has 0 aromatic rings. The summed E-state index contributed by atoms with van der Waals surface area (Å²) in [6, 6.07) is 0. The van der Waals surface area contributed by atoms with E-state index in [0.29, 0.717) is 13.2 Å². The second-order valence-electron chi connectivity index (χ2n) is 8.41. The highest BCUT2D eigenvalue weighted by atomic mass is 16.7. The van der Waals surface area contributed by atoms with Crippen LogP contribution in [0.2, 0.25) is 0 Å². The minimum atomic E-state index is -1.21. The Hall–Kier alpha value is -0.240. The molecule has 6 nitrogen and oxygen atoms in total. The van der Waals surface area contributed by atoms with Crippen molar-refractivity contribution in [1.82, 2.24) is 0 Å². The monoisotopic (exact) mass is 320 g/mol. The van der Waals surface area contributed by atoms with Crippen molar-refractivity contribution < 1.29 is 29.5 Å². The maximum Gasteiger partial charge on any atom is 0.186 e. The van der Waals surface area contributed by atoms with Gasteiger partial charge in [-0.25, -0.2) is 0 Å². The maximum atomic E-state index is 10.3. The Bertz CT molecular complexity index is 331. The average molecular weight is 320 g/mol. The van der Waals surface area contributed by atoms with Crippen molar-refractivity contribution >= 4 is 0 Å². The number of hydrogen-bond acceptors (Lipinski definition) is 6. The molecule has 0 radical (unpaired) electrons. The fourth-order valence-electron chi connectivity index (χ4n) is 2.07. The third kappa shape index (κ3) is 6.10. The van der Waals surface area contributed by atoms with Crippen LogP contribution in [0.25, 0.3) is 0 Å². The van der Waals surface area contributed by atoms with Gasteiger partial charge >= 0.3 is 0 Å². The van der Waals surface area contributed by atoms with Crippen molar-refractivity contribution in [2.24, 2.45) is 10.8 Å². The van der Waals surface area contributed by atoms with Gasteiger partial charge in [-0.05, 0) is 10.8 Å². The molecule has 2 unspecified atom stereocenters. The minimum Gasteiger partial charge on any atom is -0.394 e. The van der Waals surface area contributed by atoms with E-state index in [0.717, 1.165) is 0 Å². The zero-order valence-electron chi connectivity index (χ0n) is 14.6. The Morgan fingerprint density at radius 3 is 1.82 bits per heavy atom. The van der Waals surface area contributed by atoms with E-state index in [9.17, 15) is 15.3 Å². The predicted octanol–water partition coefficient (Wildman–Crippen LogP) is 0.919. The van der Waals surface area contributed by atoms with E-state index in [1.165, 1.54) is 0 Å². The second kappa shape index (κ2) is 7.55. The summed E-state index contributed by atoms with van der Waals surface area (Å²) >= 11 is 0. The van der Waals surface area contributed by atoms with Gasteiger partial charge in [-0.2, -0.15) is 0 Å². The standard InChI is InChI=1S/C16H32O6/c1-15(2,3)8-20-13-10(7-17)22-14(12(19)11(13)18)21-9-16(4,5)6/h10-14,17-19H,7-9H2,1-6H3/t10?,11?,12-,13+,14+/m0/s1. The Balaban J connectivity index is 2.69. The molecule has 1 heterocycles. The van der Waals surface area contributed by atoms with Crippen LogP contribution in [0.15, 0.2) is 0 Å². The summed E-state index contributed by atoms with van der Waals surface area (Å²) in [6.45, 7) is 12.4. The van der Waals surface area contributed by atoms with Crippen molar-refractivity contribution in [3.63, 3.8) is 0 Å². The van der Waals surface area contributed by atoms with E-state index >= 15 is 0 Å². The SMILES string of the molecule is CC(C)(C)CO[C@@H]1C(CO)O[C@@H](OCC(C)(C)C)[C@@H](O)C1O. The Morgan fingerprint density at radius 2 is 1.36 bits per heavy atom. The fraction of sp³-hybridized carbons (Fsp3) is 1.00. The third-order valence-corrected chi connectivity index (χ3v) is 3.21. The summed E-state index contributed by atoms with van der Waals surface area (Å²) in [6.07, 6.45) is -4.87. The quantitative estimate of drug-likeness (QED) is 0.698. The molecule has 0 aliphatic carbocycles. The van der Waals surface area contributed by atoms with Crippen LogP contribution in [0.1, 0.15) is 41.5 Å². The van der Waals surface area contributed by atoms with Crippen LogP contribution in [-0.4, -0.2) is 65.8 Å². The second-order valence-corrected chi connectivity index (χ2v) is 8.41. The molecule has 0 aromatic carbocycles. The molecule has 0 aromatic heterocycles. The molecule has 0 bridgehead atoms. The summed E-state index contributed by atoms with van der Waals surface area (Å²) in [4.78, 5) is 0. The summed E-state index contributed by atoms with van der Waals surface area (Å²) in [5.41, 5.74) is -0.188. The first kappa shape index (κ1) is 19.8. The van der Waals surface area contributed by atoms with Gasteiger partial charge in [0, 0.05) is 0 Å². The van der Waals surface area contributed by atoms with Crippen molar-refractivity contribution in [1.29, 1.82) is 0 Å². The number of aliphatic hydroxyl groups excluding tert-OH is 3. The highest BCUT2D eigenvalue weighted by Gasteiger charge is 2.46. The van der Waals surface area contributed by atoms with Crippen molar-refractivity contribution in [3.05, 3.63) is 0 Å². The molecular weight excluding hydrogens is 288 g/mol. The van der Waals surface area contributed by atoms with Crippen LogP contribution >= 0.6 is 0 Å². The summed E-state index contributed by atoms with van der Waals surface area (Å²) in [5, 5.41) is 30.0. The molecule has 22 heavy (non-hydrogen) atoms. The van der Waals surface area contributed by atoms with Crippen molar-refractivity contribution in [3.8, 4) is 0 Å². The molecule has 1 fully saturated rings. The molecule has 5 atom stereocenters. The third-order valence-electron chi connectivity index (χ3n) is 3.21. The zero-order valence-corrected chi connectivity index (χ0v) is 14.6. The summed E-state index contributed by atoms with van der Waals surface area (Å²) < 4.78 is 16.8. The summed E-state index contributed by atoms with van der Waals surface area (Å²) in [7, 11) is 0. The normalized spacial score (nSPS) is 34.0. The van der Waals surface area contributed by atoms with E-state index < -0.39 is 30.7 Å². The molecule has 1 saturated heterocycles. The number of aliphatic hydroxyl groups is 3. The van der Waals surface area contributed by atoms with Gasteiger partial charge in [0.1, 0.15) is 24.4 Å². The first-order valence-electron chi connectivity index (χ1n) is 7.80. The highest BCUT2D eigenvalue weighted by Crippen LogP contribution is 2.27. The Morgan fingerprint density at radius 1 is 0.864 bits per heavy atom. The van der Waals surface area contributed by atoms with Crippen molar-refractivity contribution in [2.45, 2.75) is 72.2 Å². The number of ether oxygens (including phenoxy) is 3. The zero-order chi connectivity index (χ0) is 17.1. The van der Waals surface area contributed by atoms with Gasteiger partial charge in [-0.1, -0.05) is 41.5 Å². The first-order valence-corrected chi connectivity index (χ1v) is 7.80. The van der Waals surface area contributed by atoms with E-state index in [4.69, 9.17) is 14.2 Å². The largest absolute Gasteiger partial charge is 0.394 e. The molecule has 132 valence electrons. The molecule has 1 rings (SSSR count). The molecule has 1 aliphatic rings. The number of rotatable bonds is 5. The molecule has 0 saturated carbocycles. The Labute approximate surface area is 133 Å². The maximum absolute atomic E-state index is 10.3. The lowest BCUT2D eigenvalue weighted by atomic mass is 9.95. The van der Waals surface area contributed by atoms with Gasteiger partial charge < -0.3 is 29.5 Å². The van der Waals surface area contributed by atoms with Gasteiger partial charge in [0.05, 0.1) is 19.8 Å². The Kier molecular flexibility index (Phi) is 6.80. The minimum absolute atomic E-state index is 0.0930. The van der Waals surface area contributed by atoms with E-state index in [-0.39, 0.29) is 17.4 Å². The summed E-state index contributed by atoms with van der Waals surface area (Å²) in [5.74, 6) is 0. The van der Waals surface area contributed by atoms with Gasteiger partial charge in [0.25, 0.3) is 0 Å². The molecule has 6 heteroatoms. The molecule has 1 aliphatic heterocycles. The molecular formula is C16H32O6. The average Bonchev–Trinajstić information content (AvgIpc) is 2.36. The molecule has 3 N–H and O–H groups in total. The molecule has 0 spiro atoms. The van der Waals surface area contributed by atoms with Crippen LogP contribution in [0.5, 0.6) is 0 Å². The van der Waals surface area contributed by atoms with Crippen LogP contribution in [0, 0.1) is 10.8 Å². The van der Waals surface area contributed by atoms with Crippen LogP contribution < -0.4 is 0 Å². The van der Waals surface area contributed by atoms with Gasteiger partial charge in [0.2, 0.25) is 0 Å². The van der Waals surface area contributed by atoms with E-state index in [1.807, 2.05) is 41.5 Å². The van der Waals surface area contributed by atoms with Gasteiger partial charge in [-0.3, -0.25) is 0 Å². The number of hydrogen-bond donors (Lipinski definition) is 3. The fourth-order valence-corrected chi connectivity index (χ4v) is 2.07. The van der Waals surface area contributed by atoms with Crippen LogP contribution in [0.3, 0.4) is 0 Å². The first-order chi connectivity index (χ1) is 9.94. The van der Waals surface area contributed by atoms with Crippen LogP contribution in [0.4, 0.5) is 0 Å². The van der Waals surface area contributed by atoms with Gasteiger partial charge in [-0.15, -0.1) is 0 Å². The van der Waals surface area contributed by atoms with Gasteiger partial charge in [0.15, 0.2) is 6.29 Å². The highest BCUT2D eigenvalue weighted by molar-refractivity contribution is 4.90. The predicted molar refractivity (Wildman–Crippen MR) is 82.4 cm³/mol. The van der Waals surface area contributed by atoms with E-state index in [1.54, 1.807) is 0 Å². The molecule has 0 amide bonds. The topological polar surface area (TPSA) is 88.4 Å². The van der Waals surface area contributed by atoms with Crippen molar-refractivity contribution in [2.75, 3.05) is 19.8 Å². The smallest absolute Gasteiger partial charge is 0.186 e. The lowest BCUT2D eigenvalue weighted by Crippen LogP contribution is -2.60. The van der Waals surface area contributed by atoms with E-state index in [2.05, 4.69) is 0 Å². The van der Waals surface area contributed by atoms with Crippen LogP contribution in [-0.2, 0) is 14.2 Å². The lowest BCUT2D eigenvalue weighted by molar-refractivity contribution is -0.313. The lowest BCUT2D eigenvalue weighted by Gasteiger charge is -2.43.